The number of aryl methyl sites for hydroxylation is 2. The van der Waals surface area contributed by atoms with Gasteiger partial charge in [-0.1, -0.05) is 0 Å². The van der Waals surface area contributed by atoms with Gasteiger partial charge >= 0.3 is 0 Å². The van der Waals surface area contributed by atoms with Crippen LogP contribution in [0.3, 0.4) is 0 Å². The molecule has 0 aliphatic rings. The minimum absolute atomic E-state index is 0.241. The van der Waals surface area contributed by atoms with Crippen molar-refractivity contribution < 1.29 is 9.21 Å². The van der Waals surface area contributed by atoms with Gasteiger partial charge in [-0.05, 0) is 25.1 Å². The lowest BCUT2D eigenvalue weighted by Crippen LogP contribution is -2.22. The number of hydrogen-bond donors (Lipinski definition) is 1. The first kappa shape index (κ1) is 14.1. The molecule has 0 spiro atoms. The van der Waals surface area contributed by atoms with Crippen molar-refractivity contribution in [1.29, 1.82) is 0 Å². The molecule has 0 bridgehead atoms. The average molecular weight is 299 g/mol. The zero-order valence-corrected chi connectivity index (χ0v) is 12.5. The number of rotatable bonds is 5. The highest BCUT2D eigenvalue weighted by atomic mass is 16.4. The Morgan fingerprint density at radius 1 is 1.41 bits per heavy atom. The smallest absolute Gasteiger partial charge is 0.287 e. The molecule has 0 aliphatic heterocycles. The van der Waals surface area contributed by atoms with Crippen molar-refractivity contribution >= 4 is 5.91 Å². The fraction of sp³-hybridized carbons (Fsp3) is 0.267. The van der Waals surface area contributed by atoms with Crippen molar-refractivity contribution in [3.8, 4) is 0 Å². The van der Waals surface area contributed by atoms with Gasteiger partial charge in [0, 0.05) is 37.7 Å². The standard InChI is InChI=1S/C15H17N5O2/c1-11-12(9-19(2)18-11)8-16-15(21)14-5-4-13(22-14)10-20-7-3-6-17-20/h3-7,9H,8,10H2,1-2H3,(H,16,21). The molecule has 3 rings (SSSR count). The van der Waals surface area contributed by atoms with Crippen LogP contribution in [0.5, 0.6) is 0 Å². The number of amides is 1. The lowest BCUT2D eigenvalue weighted by molar-refractivity contribution is 0.0921. The highest BCUT2D eigenvalue weighted by molar-refractivity contribution is 5.91. The van der Waals surface area contributed by atoms with Crippen LogP contribution < -0.4 is 5.32 Å². The molecule has 3 heterocycles. The van der Waals surface area contributed by atoms with Gasteiger partial charge < -0.3 is 9.73 Å². The molecule has 3 aromatic heterocycles. The fourth-order valence-electron chi connectivity index (χ4n) is 2.22. The monoisotopic (exact) mass is 299 g/mol. The van der Waals surface area contributed by atoms with Crippen LogP contribution in [-0.4, -0.2) is 25.5 Å². The number of aromatic nitrogens is 4. The van der Waals surface area contributed by atoms with E-state index < -0.39 is 0 Å². The summed E-state index contributed by atoms with van der Waals surface area (Å²) >= 11 is 0. The van der Waals surface area contributed by atoms with Crippen molar-refractivity contribution in [2.45, 2.75) is 20.0 Å². The van der Waals surface area contributed by atoms with E-state index in [9.17, 15) is 4.79 Å². The maximum Gasteiger partial charge on any atom is 0.287 e. The lowest BCUT2D eigenvalue weighted by atomic mass is 10.2. The number of nitrogens with one attached hydrogen (secondary N) is 1. The second-order valence-electron chi connectivity index (χ2n) is 5.07. The van der Waals surface area contributed by atoms with Crippen molar-refractivity contribution in [2.24, 2.45) is 7.05 Å². The third-order valence-corrected chi connectivity index (χ3v) is 3.32. The molecule has 1 N–H and O–H groups in total. The third-order valence-electron chi connectivity index (χ3n) is 3.32. The SMILES string of the molecule is Cc1nn(C)cc1CNC(=O)c1ccc(Cn2cccn2)o1. The molecule has 22 heavy (non-hydrogen) atoms. The summed E-state index contributed by atoms with van der Waals surface area (Å²) in [5.74, 6) is 0.741. The number of hydrogen-bond acceptors (Lipinski definition) is 4. The zero-order chi connectivity index (χ0) is 15.5. The molecule has 7 heteroatoms. The first-order valence-electron chi connectivity index (χ1n) is 6.95. The zero-order valence-electron chi connectivity index (χ0n) is 12.5. The molecule has 0 saturated carbocycles. The van der Waals surface area contributed by atoms with Crippen LogP contribution in [0.1, 0.15) is 27.6 Å². The lowest BCUT2D eigenvalue weighted by Gasteiger charge is -2.02. The molecule has 114 valence electrons. The van der Waals surface area contributed by atoms with E-state index in [2.05, 4.69) is 15.5 Å². The first-order valence-corrected chi connectivity index (χ1v) is 6.95. The molecule has 0 radical (unpaired) electrons. The topological polar surface area (TPSA) is 77.9 Å². The number of nitrogens with zero attached hydrogens (tertiary/aromatic N) is 4. The van der Waals surface area contributed by atoms with Crippen molar-refractivity contribution in [1.82, 2.24) is 24.9 Å². The Labute approximate surface area is 127 Å². The molecular weight excluding hydrogens is 282 g/mol. The van der Waals surface area contributed by atoms with Crippen LogP contribution in [0.15, 0.2) is 41.2 Å². The number of carbonyl (C=O) groups excluding carboxylic acids is 1. The van der Waals surface area contributed by atoms with Crippen LogP contribution in [0.2, 0.25) is 0 Å². The maximum atomic E-state index is 12.1. The molecule has 0 aliphatic carbocycles. The van der Waals surface area contributed by atoms with Gasteiger partial charge in [0.15, 0.2) is 5.76 Å². The maximum absolute atomic E-state index is 12.1. The van der Waals surface area contributed by atoms with E-state index >= 15 is 0 Å². The van der Waals surface area contributed by atoms with Crippen LogP contribution in [0.25, 0.3) is 0 Å². The summed E-state index contributed by atoms with van der Waals surface area (Å²) in [5.41, 5.74) is 1.89. The van der Waals surface area contributed by atoms with Crippen LogP contribution in [0.4, 0.5) is 0 Å². The molecule has 7 nitrogen and oxygen atoms in total. The minimum Gasteiger partial charge on any atom is -0.454 e. The van der Waals surface area contributed by atoms with Crippen molar-refractivity contribution in [2.75, 3.05) is 0 Å². The Kier molecular flexibility index (Phi) is 3.78. The molecule has 3 aromatic rings. The number of carbonyl (C=O) groups is 1. The highest BCUT2D eigenvalue weighted by Gasteiger charge is 2.12. The average Bonchev–Trinajstić information content (AvgIpc) is 3.19. The van der Waals surface area contributed by atoms with Crippen LogP contribution >= 0.6 is 0 Å². The Morgan fingerprint density at radius 3 is 2.95 bits per heavy atom. The van der Waals surface area contributed by atoms with Crippen molar-refractivity contribution in [3.05, 3.63) is 59.6 Å². The Morgan fingerprint density at radius 2 is 2.27 bits per heavy atom. The summed E-state index contributed by atoms with van der Waals surface area (Å²) in [6.45, 7) is 2.84. The van der Waals surface area contributed by atoms with E-state index in [0.717, 1.165) is 11.3 Å². The molecular formula is C15H17N5O2. The van der Waals surface area contributed by atoms with Crippen LogP contribution in [-0.2, 0) is 20.1 Å². The van der Waals surface area contributed by atoms with E-state index in [-0.39, 0.29) is 5.91 Å². The van der Waals surface area contributed by atoms with Gasteiger partial charge in [-0.2, -0.15) is 10.2 Å². The first-order chi connectivity index (χ1) is 10.6. The summed E-state index contributed by atoms with van der Waals surface area (Å²) in [4.78, 5) is 12.1. The Bertz CT molecular complexity index is 770. The van der Waals surface area contributed by atoms with Crippen molar-refractivity contribution in [3.63, 3.8) is 0 Å². The van der Waals surface area contributed by atoms with E-state index in [4.69, 9.17) is 4.42 Å². The van der Waals surface area contributed by atoms with E-state index in [1.165, 1.54) is 0 Å². The van der Waals surface area contributed by atoms with E-state index in [1.807, 2.05) is 32.4 Å². The summed E-state index contributed by atoms with van der Waals surface area (Å²) < 4.78 is 9.01. The molecule has 0 saturated heterocycles. The summed E-state index contributed by atoms with van der Waals surface area (Å²) in [6, 6.07) is 5.29. The molecule has 1 amide bonds. The summed E-state index contributed by atoms with van der Waals surface area (Å²) in [5, 5.41) is 11.2. The largest absolute Gasteiger partial charge is 0.454 e. The minimum atomic E-state index is -0.241. The predicted octanol–water partition coefficient (Wildman–Crippen LogP) is 1.50. The molecule has 0 fully saturated rings. The van der Waals surface area contributed by atoms with E-state index in [0.29, 0.717) is 24.6 Å². The quantitative estimate of drug-likeness (QED) is 0.774. The molecule has 0 unspecified atom stereocenters. The van der Waals surface area contributed by atoms with Gasteiger partial charge in [0.1, 0.15) is 5.76 Å². The van der Waals surface area contributed by atoms with Gasteiger partial charge in [-0.15, -0.1) is 0 Å². The summed E-state index contributed by atoms with van der Waals surface area (Å²) in [6.07, 6.45) is 5.43. The number of furan rings is 1. The fourth-order valence-corrected chi connectivity index (χ4v) is 2.22. The van der Waals surface area contributed by atoms with Gasteiger partial charge in [-0.3, -0.25) is 14.2 Å². The third kappa shape index (κ3) is 3.08. The molecule has 0 atom stereocenters. The molecule has 0 aromatic carbocycles. The predicted molar refractivity (Wildman–Crippen MR) is 79.2 cm³/mol. The van der Waals surface area contributed by atoms with Crippen LogP contribution in [0, 0.1) is 6.92 Å². The Hall–Kier alpha value is -2.83. The highest BCUT2D eigenvalue weighted by Crippen LogP contribution is 2.10. The second kappa shape index (κ2) is 5.88. The van der Waals surface area contributed by atoms with Gasteiger partial charge in [0.25, 0.3) is 5.91 Å². The second-order valence-corrected chi connectivity index (χ2v) is 5.07. The Balaban J connectivity index is 1.60. The summed E-state index contributed by atoms with van der Waals surface area (Å²) in [7, 11) is 1.85. The van der Waals surface area contributed by atoms with E-state index in [1.54, 1.807) is 27.7 Å². The van der Waals surface area contributed by atoms with Gasteiger partial charge in [0.2, 0.25) is 0 Å². The normalized spacial score (nSPS) is 10.8. The van der Waals surface area contributed by atoms with Gasteiger partial charge in [-0.25, -0.2) is 0 Å². The van der Waals surface area contributed by atoms with Gasteiger partial charge in [0.05, 0.1) is 12.2 Å².